The Morgan fingerprint density at radius 3 is 2.76 bits per heavy atom. The normalized spacial score (nSPS) is 19.4. The van der Waals surface area contributed by atoms with E-state index in [9.17, 15) is 13.2 Å². The molecule has 1 spiro atoms. The fourth-order valence-corrected chi connectivity index (χ4v) is 7.00. The topological polar surface area (TPSA) is 132 Å². The third-order valence-electron chi connectivity index (χ3n) is 7.95. The number of fused-ring (bicyclic) bond motifs is 1. The van der Waals surface area contributed by atoms with Crippen LogP contribution in [0.3, 0.4) is 0 Å². The molecule has 1 aromatic carbocycles. The van der Waals surface area contributed by atoms with Crippen molar-refractivity contribution in [2.45, 2.75) is 42.1 Å². The van der Waals surface area contributed by atoms with Crippen molar-refractivity contribution in [2.75, 3.05) is 23.4 Å². The molecule has 6 rings (SSSR count). The summed E-state index contributed by atoms with van der Waals surface area (Å²) in [5.74, 6) is 0.491. The zero-order valence-electron chi connectivity index (χ0n) is 20.6. The second-order valence-corrected chi connectivity index (χ2v) is 12.0. The SMILES string of the molecule is Cc1c(S(=O)(=O)c2ccc3c(c2)CNN3)cc(C(=O)N[C@H]2CN(c3ccc(C#N)cn3)CC23CC3)n1C. The van der Waals surface area contributed by atoms with E-state index in [0.29, 0.717) is 30.0 Å². The van der Waals surface area contributed by atoms with Gasteiger partial charge in [-0.25, -0.2) is 18.8 Å². The number of nitrogens with one attached hydrogen (secondary N) is 3. The second-order valence-electron chi connectivity index (χ2n) is 10.1. The van der Waals surface area contributed by atoms with Crippen molar-refractivity contribution < 1.29 is 13.2 Å². The summed E-state index contributed by atoms with van der Waals surface area (Å²) in [6.45, 7) is 3.65. The molecule has 0 bridgehead atoms. The Balaban J connectivity index is 1.24. The minimum absolute atomic E-state index is 0.00710. The quantitative estimate of drug-likeness (QED) is 0.470. The van der Waals surface area contributed by atoms with E-state index >= 15 is 0 Å². The summed E-state index contributed by atoms with van der Waals surface area (Å²) in [5, 5.41) is 12.2. The van der Waals surface area contributed by atoms with Crippen molar-refractivity contribution in [1.82, 2.24) is 20.3 Å². The van der Waals surface area contributed by atoms with Crippen LogP contribution in [0.4, 0.5) is 11.5 Å². The van der Waals surface area contributed by atoms with Crippen LogP contribution in [-0.2, 0) is 23.4 Å². The minimum atomic E-state index is -3.81. The highest BCUT2D eigenvalue weighted by atomic mass is 32.2. The summed E-state index contributed by atoms with van der Waals surface area (Å²) in [4.78, 5) is 20.3. The number of hydrazine groups is 1. The summed E-state index contributed by atoms with van der Waals surface area (Å²) in [6, 6.07) is 12.1. The fraction of sp³-hybridized carbons (Fsp3) is 0.346. The molecule has 3 aliphatic rings. The molecule has 0 radical (unpaired) electrons. The summed E-state index contributed by atoms with van der Waals surface area (Å²) in [6.07, 6.45) is 3.58. The zero-order chi connectivity index (χ0) is 25.9. The Hall–Kier alpha value is -3.88. The van der Waals surface area contributed by atoms with Gasteiger partial charge in [0.2, 0.25) is 9.84 Å². The first-order valence-corrected chi connectivity index (χ1v) is 13.7. The van der Waals surface area contributed by atoms with E-state index in [-0.39, 0.29) is 27.2 Å². The Bertz CT molecular complexity index is 1570. The molecule has 2 aliphatic heterocycles. The van der Waals surface area contributed by atoms with Gasteiger partial charge in [0, 0.05) is 44.0 Å². The Kier molecular flexibility index (Phi) is 5.29. The van der Waals surface area contributed by atoms with E-state index in [1.165, 1.54) is 6.07 Å². The zero-order valence-corrected chi connectivity index (χ0v) is 21.4. The number of sulfone groups is 1. The van der Waals surface area contributed by atoms with Crippen LogP contribution < -0.4 is 21.1 Å². The number of aromatic nitrogens is 2. The third-order valence-corrected chi connectivity index (χ3v) is 9.81. The molecule has 2 fully saturated rings. The summed E-state index contributed by atoms with van der Waals surface area (Å²) in [5.41, 5.74) is 9.05. The Morgan fingerprint density at radius 1 is 1.24 bits per heavy atom. The molecule has 0 unspecified atom stereocenters. The van der Waals surface area contributed by atoms with Crippen molar-refractivity contribution in [2.24, 2.45) is 12.5 Å². The van der Waals surface area contributed by atoms with Gasteiger partial charge in [0.05, 0.1) is 27.1 Å². The van der Waals surface area contributed by atoms with Crippen molar-refractivity contribution in [3.8, 4) is 6.07 Å². The lowest BCUT2D eigenvalue weighted by Gasteiger charge is -2.19. The number of rotatable bonds is 5. The molecule has 10 nitrogen and oxygen atoms in total. The number of amides is 1. The van der Waals surface area contributed by atoms with Crippen LogP contribution >= 0.6 is 0 Å². The van der Waals surface area contributed by atoms with E-state index in [4.69, 9.17) is 5.26 Å². The molecule has 3 aromatic rings. The predicted molar refractivity (Wildman–Crippen MR) is 137 cm³/mol. The smallest absolute Gasteiger partial charge is 0.268 e. The molecule has 37 heavy (non-hydrogen) atoms. The average Bonchev–Trinajstić information content (AvgIpc) is 3.21. The lowest BCUT2D eigenvalue weighted by molar-refractivity contribution is 0.0920. The predicted octanol–water partition coefficient (Wildman–Crippen LogP) is 2.26. The first-order valence-electron chi connectivity index (χ1n) is 12.2. The molecule has 1 atom stereocenters. The second kappa shape index (κ2) is 8.33. The molecule has 11 heteroatoms. The maximum absolute atomic E-state index is 13.5. The highest BCUT2D eigenvalue weighted by molar-refractivity contribution is 7.91. The molecule has 1 saturated heterocycles. The number of hydrogen-bond acceptors (Lipinski definition) is 8. The minimum Gasteiger partial charge on any atom is -0.354 e. The van der Waals surface area contributed by atoms with E-state index in [0.717, 1.165) is 36.5 Å². The summed E-state index contributed by atoms with van der Waals surface area (Å²) < 4.78 is 28.7. The number of hydrogen-bond donors (Lipinski definition) is 3. The van der Waals surface area contributed by atoms with Gasteiger partial charge in [0.15, 0.2) is 0 Å². The van der Waals surface area contributed by atoms with Crippen molar-refractivity contribution >= 4 is 27.2 Å². The van der Waals surface area contributed by atoms with Gasteiger partial charge in [0.1, 0.15) is 17.6 Å². The fourth-order valence-electron chi connectivity index (χ4n) is 5.41. The maximum atomic E-state index is 13.5. The van der Waals surface area contributed by atoms with E-state index in [2.05, 4.69) is 32.1 Å². The van der Waals surface area contributed by atoms with Crippen LogP contribution in [-0.4, -0.2) is 43.0 Å². The van der Waals surface area contributed by atoms with Crippen molar-refractivity contribution in [1.29, 1.82) is 5.26 Å². The van der Waals surface area contributed by atoms with Crippen LogP contribution in [0, 0.1) is 23.7 Å². The summed E-state index contributed by atoms with van der Waals surface area (Å²) in [7, 11) is -2.09. The van der Waals surface area contributed by atoms with E-state index in [1.807, 2.05) is 6.07 Å². The molecule has 1 amide bonds. The van der Waals surface area contributed by atoms with Crippen molar-refractivity contribution in [3.05, 3.63) is 65.1 Å². The van der Waals surface area contributed by atoms with Gasteiger partial charge in [-0.3, -0.25) is 4.79 Å². The molecule has 3 N–H and O–H groups in total. The van der Waals surface area contributed by atoms with Crippen LogP contribution in [0.2, 0.25) is 0 Å². The standard InChI is InChI=1S/C26H27N7O3S/c1-16-22(37(35,36)19-4-5-20-18(9-19)13-29-31-20)10-21(32(16)2)25(34)30-23-14-33(15-26(23)7-8-26)24-6-3-17(11-27)12-28-24/h3-6,9-10,12,23,29,31H,7-8,13-15H2,1-2H3,(H,30,34)/t23-/m0/s1. The first-order chi connectivity index (χ1) is 17.7. The number of nitrogens with zero attached hydrogens (tertiary/aromatic N) is 4. The van der Waals surface area contributed by atoms with Gasteiger partial charge in [-0.05, 0) is 61.7 Å². The molecule has 1 aliphatic carbocycles. The number of anilines is 2. The highest BCUT2D eigenvalue weighted by Gasteiger charge is 2.56. The third kappa shape index (κ3) is 3.84. The van der Waals surface area contributed by atoms with Crippen LogP contribution in [0.15, 0.2) is 52.4 Å². The van der Waals surface area contributed by atoms with Gasteiger partial charge in [-0.15, -0.1) is 0 Å². The first kappa shape index (κ1) is 23.5. The monoisotopic (exact) mass is 517 g/mol. The van der Waals surface area contributed by atoms with Crippen LogP contribution in [0.5, 0.6) is 0 Å². The molecule has 1 saturated carbocycles. The van der Waals surface area contributed by atoms with E-state index < -0.39 is 9.84 Å². The van der Waals surface area contributed by atoms with Gasteiger partial charge in [-0.1, -0.05) is 0 Å². The van der Waals surface area contributed by atoms with Crippen molar-refractivity contribution in [3.63, 3.8) is 0 Å². The van der Waals surface area contributed by atoms with Gasteiger partial charge >= 0.3 is 0 Å². The largest absolute Gasteiger partial charge is 0.354 e. The van der Waals surface area contributed by atoms with Gasteiger partial charge in [0.25, 0.3) is 5.91 Å². The lowest BCUT2D eigenvalue weighted by atomic mass is 10.0. The maximum Gasteiger partial charge on any atom is 0.268 e. The van der Waals surface area contributed by atoms with Gasteiger partial charge in [-0.2, -0.15) is 5.26 Å². The van der Waals surface area contributed by atoms with Crippen LogP contribution in [0.25, 0.3) is 0 Å². The number of nitriles is 1. The Labute approximate surface area is 215 Å². The molecular formula is C26H27N7O3S. The summed E-state index contributed by atoms with van der Waals surface area (Å²) >= 11 is 0. The molecular weight excluding hydrogens is 490 g/mol. The molecule has 2 aromatic heterocycles. The molecule has 4 heterocycles. The lowest BCUT2D eigenvalue weighted by Crippen LogP contribution is -2.42. The Morgan fingerprint density at radius 2 is 2.05 bits per heavy atom. The number of pyridine rings is 1. The average molecular weight is 518 g/mol. The number of carbonyl (C=O) groups excluding carboxylic acids is 1. The van der Waals surface area contributed by atoms with Crippen LogP contribution in [0.1, 0.15) is 40.2 Å². The van der Waals surface area contributed by atoms with Gasteiger partial charge < -0.3 is 20.2 Å². The number of benzene rings is 1. The van der Waals surface area contributed by atoms with E-state index in [1.54, 1.807) is 49.0 Å². The number of carbonyl (C=O) groups is 1. The molecule has 190 valence electrons. The highest BCUT2D eigenvalue weighted by Crippen LogP contribution is 2.53.